The summed E-state index contributed by atoms with van der Waals surface area (Å²) >= 11 is 12.0. The van der Waals surface area contributed by atoms with Gasteiger partial charge in [-0.15, -0.1) is 0 Å². The van der Waals surface area contributed by atoms with Gasteiger partial charge in [-0.25, -0.2) is 9.78 Å². The number of benzene rings is 2. The van der Waals surface area contributed by atoms with Crippen LogP contribution in [0.1, 0.15) is 22.3 Å². The van der Waals surface area contributed by atoms with Crippen LogP contribution in [0.4, 0.5) is 0 Å². The summed E-state index contributed by atoms with van der Waals surface area (Å²) < 4.78 is 10.6. The number of carboxylic acids is 1. The number of nitrogens with zero attached hydrogens (tertiary/aromatic N) is 2. The number of rotatable bonds is 9. The molecule has 0 fully saturated rings. The summed E-state index contributed by atoms with van der Waals surface area (Å²) in [6.07, 6.45) is 4.96. The minimum absolute atomic E-state index is 0.0340. The Morgan fingerprint density at radius 3 is 2.45 bits per heavy atom. The first-order chi connectivity index (χ1) is 15.9. The topological polar surface area (TPSA) is 111 Å². The van der Waals surface area contributed by atoms with E-state index in [9.17, 15) is 14.7 Å². The maximum absolute atomic E-state index is 12.5. The van der Waals surface area contributed by atoms with Crippen molar-refractivity contribution in [1.29, 1.82) is 0 Å². The molecular weight excluding hydrogens is 469 g/mol. The molecule has 3 rings (SSSR count). The first-order valence-electron chi connectivity index (χ1n) is 9.66. The first kappa shape index (κ1) is 24.0. The summed E-state index contributed by atoms with van der Waals surface area (Å²) in [5.74, 6) is -0.935. The molecule has 1 aromatic heterocycles. The van der Waals surface area contributed by atoms with Crippen molar-refractivity contribution in [3.05, 3.63) is 82.0 Å². The SMILES string of the molecule is COc1ccnc(Oc2ccc(/C=C/CC(NC(=O)c3c(Cl)cccc3Cl)C(=O)O)cc2)n1. The van der Waals surface area contributed by atoms with Crippen LogP contribution in [-0.2, 0) is 4.79 Å². The Morgan fingerprint density at radius 2 is 1.82 bits per heavy atom. The van der Waals surface area contributed by atoms with E-state index < -0.39 is 17.9 Å². The first-order valence-corrected chi connectivity index (χ1v) is 10.4. The maximum Gasteiger partial charge on any atom is 0.326 e. The van der Waals surface area contributed by atoms with E-state index in [1.54, 1.807) is 48.6 Å². The van der Waals surface area contributed by atoms with Gasteiger partial charge in [-0.1, -0.05) is 53.6 Å². The molecule has 1 heterocycles. The number of hydrogen-bond donors (Lipinski definition) is 2. The highest BCUT2D eigenvalue weighted by molar-refractivity contribution is 6.39. The van der Waals surface area contributed by atoms with E-state index in [2.05, 4.69) is 15.3 Å². The normalized spacial score (nSPS) is 11.7. The Kier molecular flexibility index (Phi) is 8.23. The lowest BCUT2D eigenvalue weighted by Crippen LogP contribution is -2.40. The van der Waals surface area contributed by atoms with Gasteiger partial charge in [0.25, 0.3) is 5.91 Å². The standard InChI is InChI=1S/C23H19Cl2N3O5/c1-32-19-12-13-26-23(28-19)33-15-10-8-14(9-11-15)4-2-7-18(22(30)31)27-21(29)20-16(24)5-3-6-17(20)25/h2-6,8-13,18H,7H2,1H3,(H,27,29)(H,30,31)/b4-2+. The van der Waals surface area contributed by atoms with Crippen molar-refractivity contribution < 1.29 is 24.2 Å². The zero-order valence-electron chi connectivity index (χ0n) is 17.4. The highest BCUT2D eigenvalue weighted by atomic mass is 35.5. The van der Waals surface area contributed by atoms with Crippen molar-refractivity contribution in [3.8, 4) is 17.6 Å². The predicted octanol–water partition coefficient (Wildman–Crippen LogP) is 4.87. The smallest absolute Gasteiger partial charge is 0.326 e. The highest BCUT2D eigenvalue weighted by Crippen LogP contribution is 2.24. The van der Waals surface area contributed by atoms with E-state index >= 15 is 0 Å². The van der Waals surface area contributed by atoms with Crippen LogP contribution in [-0.4, -0.2) is 40.1 Å². The van der Waals surface area contributed by atoms with E-state index in [4.69, 9.17) is 32.7 Å². The molecule has 0 aliphatic carbocycles. The van der Waals surface area contributed by atoms with Crippen molar-refractivity contribution in [2.24, 2.45) is 0 Å². The number of aliphatic carboxylic acids is 1. The molecule has 1 atom stereocenters. The Hall–Kier alpha value is -3.62. The second-order valence-electron chi connectivity index (χ2n) is 6.65. The average molecular weight is 488 g/mol. The van der Waals surface area contributed by atoms with Gasteiger partial charge in [0.2, 0.25) is 5.88 Å². The van der Waals surface area contributed by atoms with Crippen LogP contribution >= 0.6 is 23.2 Å². The van der Waals surface area contributed by atoms with Gasteiger partial charge in [-0.3, -0.25) is 4.79 Å². The van der Waals surface area contributed by atoms with Crippen LogP contribution in [0.2, 0.25) is 10.0 Å². The molecule has 1 unspecified atom stereocenters. The summed E-state index contributed by atoms with van der Waals surface area (Å²) in [7, 11) is 1.50. The van der Waals surface area contributed by atoms with Gasteiger partial charge in [0, 0.05) is 12.3 Å². The Balaban J connectivity index is 1.61. The molecule has 0 bridgehead atoms. The number of halogens is 2. The molecule has 33 heavy (non-hydrogen) atoms. The number of aromatic nitrogens is 2. The monoisotopic (exact) mass is 487 g/mol. The Bertz CT molecular complexity index is 1150. The molecule has 0 aliphatic heterocycles. The predicted molar refractivity (Wildman–Crippen MR) is 124 cm³/mol. The van der Waals surface area contributed by atoms with Crippen molar-refractivity contribution in [2.75, 3.05) is 7.11 Å². The van der Waals surface area contributed by atoms with Gasteiger partial charge in [0.15, 0.2) is 0 Å². The zero-order chi connectivity index (χ0) is 23.8. The molecule has 0 saturated heterocycles. The van der Waals surface area contributed by atoms with Crippen molar-refractivity contribution in [2.45, 2.75) is 12.5 Å². The fraction of sp³-hybridized carbons (Fsp3) is 0.130. The molecule has 0 saturated carbocycles. The van der Waals surface area contributed by atoms with E-state index in [1.165, 1.54) is 25.4 Å². The fourth-order valence-electron chi connectivity index (χ4n) is 2.75. The number of ether oxygens (including phenoxy) is 2. The minimum atomic E-state index is -1.18. The number of nitrogens with one attached hydrogen (secondary N) is 1. The number of carbonyl (C=O) groups excluding carboxylic acids is 1. The molecule has 3 aromatic rings. The van der Waals surface area contributed by atoms with Gasteiger partial charge < -0.3 is 19.9 Å². The van der Waals surface area contributed by atoms with Crippen molar-refractivity contribution in [1.82, 2.24) is 15.3 Å². The molecule has 170 valence electrons. The van der Waals surface area contributed by atoms with Crippen LogP contribution in [0.5, 0.6) is 17.6 Å². The van der Waals surface area contributed by atoms with E-state index in [0.29, 0.717) is 11.6 Å². The van der Waals surface area contributed by atoms with Gasteiger partial charge in [0.1, 0.15) is 11.8 Å². The Labute approximate surface area is 199 Å². The largest absolute Gasteiger partial charge is 0.481 e. The molecule has 1 amide bonds. The Morgan fingerprint density at radius 1 is 1.12 bits per heavy atom. The molecule has 8 nitrogen and oxygen atoms in total. The molecule has 0 radical (unpaired) electrons. The minimum Gasteiger partial charge on any atom is -0.481 e. The van der Waals surface area contributed by atoms with E-state index in [-0.39, 0.29) is 28.0 Å². The van der Waals surface area contributed by atoms with Crippen LogP contribution in [0.15, 0.2) is 60.8 Å². The molecule has 0 spiro atoms. The summed E-state index contributed by atoms with van der Waals surface area (Å²) in [5.41, 5.74) is 0.838. The summed E-state index contributed by atoms with van der Waals surface area (Å²) in [4.78, 5) is 32.1. The molecule has 2 N–H and O–H groups in total. The summed E-state index contributed by atoms with van der Waals surface area (Å²) in [6.45, 7) is 0. The van der Waals surface area contributed by atoms with E-state index in [0.717, 1.165) is 5.56 Å². The number of carbonyl (C=O) groups is 2. The lowest BCUT2D eigenvalue weighted by molar-refractivity contribution is -0.139. The van der Waals surface area contributed by atoms with Gasteiger partial charge in [0.05, 0.1) is 22.7 Å². The van der Waals surface area contributed by atoms with Crippen LogP contribution in [0.3, 0.4) is 0 Å². The second kappa shape index (κ2) is 11.3. The lowest BCUT2D eigenvalue weighted by atomic mass is 10.1. The second-order valence-corrected chi connectivity index (χ2v) is 7.47. The fourth-order valence-corrected chi connectivity index (χ4v) is 3.32. The summed E-state index contributed by atoms with van der Waals surface area (Å²) in [6, 6.07) is 12.2. The van der Waals surface area contributed by atoms with Gasteiger partial charge in [-0.05, 0) is 36.2 Å². The van der Waals surface area contributed by atoms with Gasteiger partial charge in [-0.2, -0.15) is 4.98 Å². The zero-order valence-corrected chi connectivity index (χ0v) is 18.9. The molecule has 0 aliphatic rings. The number of carboxylic acid groups (broad SMARTS) is 1. The molecule has 2 aromatic carbocycles. The summed E-state index contributed by atoms with van der Waals surface area (Å²) in [5, 5.41) is 12.2. The third kappa shape index (κ3) is 6.68. The van der Waals surface area contributed by atoms with E-state index in [1.807, 2.05) is 0 Å². The van der Waals surface area contributed by atoms with Crippen molar-refractivity contribution in [3.63, 3.8) is 0 Å². The van der Waals surface area contributed by atoms with Gasteiger partial charge >= 0.3 is 12.0 Å². The van der Waals surface area contributed by atoms with Crippen LogP contribution in [0, 0.1) is 0 Å². The number of methoxy groups -OCH3 is 1. The molecule has 10 heteroatoms. The van der Waals surface area contributed by atoms with Crippen molar-refractivity contribution >= 4 is 41.2 Å². The number of amides is 1. The third-order valence-electron chi connectivity index (χ3n) is 4.38. The van der Waals surface area contributed by atoms with Crippen LogP contribution < -0.4 is 14.8 Å². The maximum atomic E-state index is 12.5. The third-order valence-corrected chi connectivity index (χ3v) is 5.01. The van der Waals surface area contributed by atoms with Crippen LogP contribution in [0.25, 0.3) is 6.08 Å². The quantitative estimate of drug-likeness (QED) is 0.442. The molecular formula is C23H19Cl2N3O5. The highest BCUT2D eigenvalue weighted by Gasteiger charge is 2.22. The number of hydrogen-bond acceptors (Lipinski definition) is 6. The lowest BCUT2D eigenvalue weighted by Gasteiger charge is -2.14. The average Bonchev–Trinajstić information content (AvgIpc) is 2.79.